The molecular formula is C23H29N3O4. The van der Waals surface area contributed by atoms with Crippen LogP contribution in [0.2, 0.25) is 0 Å². The molecule has 7 heteroatoms. The number of aryl methyl sites for hydroxylation is 3. The van der Waals surface area contributed by atoms with Crippen molar-refractivity contribution in [2.75, 3.05) is 7.11 Å². The molecule has 0 amide bonds. The summed E-state index contributed by atoms with van der Waals surface area (Å²) in [6.45, 7) is 9.83. The zero-order valence-electron chi connectivity index (χ0n) is 18.4. The Balaban J connectivity index is 2.36. The van der Waals surface area contributed by atoms with E-state index in [9.17, 15) is 15.0 Å². The number of carboxylic acids is 1. The minimum absolute atomic E-state index is 0.105. The van der Waals surface area contributed by atoms with E-state index >= 15 is 0 Å². The lowest BCUT2D eigenvalue weighted by molar-refractivity contribution is -0.147. The third kappa shape index (κ3) is 3.43. The van der Waals surface area contributed by atoms with Crippen molar-refractivity contribution in [1.29, 1.82) is 0 Å². The van der Waals surface area contributed by atoms with E-state index in [1.165, 1.54) is 0 Å². The molecule has 160 valence electrons. The lowest BCUT2D eigenvalue weighted by Gasteiger charge is -2.33. The molecule has 2 N–H and O–H groups in total. The molecule has 7 nitrogen and oxygen atoms in total. The van der Waals surface area contributed by atoms with Gasteiger partial charge in [-0.15, -0.1) is 5.10 Å². The first kappa shape index (κ1) is 21.8. The number of methoxy groups -OCH3 is 1. The number of ether oxygens (including phenoxy) is 1. The van der Waals surface area contributed by atoms with Crippen molar-refractivity contribution in [3.63, 3.8) is 0 Å². The maximum atomic E-state index is 12.3. The number of aromatic nitrogens is 3. The van der Waals surface area contributed by atoms with Crippen LogP contribution < -0.4 is 4.74 Å². The van der Waals surface area contributed by atoms with Gasteiger partial charge in [-0.3, -0.25) is 4.79 Å². The number of rotatable bonds is 7. The number of carbonyl (C=O) groups is 1. The Hall–Kier alpha value is -2.93. The molecule has 3 rings (SSSR count). The van der Waals surface area contributed by atoms with Crippen LogP contribution >= 0.6 is 0 Å². The molecule has 2 aromatic carbocycles. The highest BCUT2D eigenvalue weighted by Gasteiger charge is 2.40. The highest BCUT2D eigenvalue weighted by atomic mass is 16.5. The van der Waals surface area contributed by atoms with E-state index in [-0.39, 0.29) is 6.61 Å². The van der Waals surface area contributed by atoms with Crippen molar-refractivity contribution in [2.24, 2.45) is 5.41 Å². The summed E-state index contributed by atoms with van der Waals surface area (Å²) in [7, 11) is 1.59. The molecular weight excluding hydrogens is 382 g/mol. The van der Waals surface area contributed by atoms with Crippen molar-refractivity contribution < 1.29 is 19.7 Å². The maximum Gasteiger partial charge on any atom is 0.310 e. The van der Waals surface area contributed by atoms with Gasteiger partial charge in [-0.2, -0.15) is 0 Å². The van der Waals surface area contributed by atoms with Crippen molar-refractivity contribution in [3.8, 4) is 5.75 Å². The number of hydrogen-bond acceptors (Lipinski definition) is 5. The topological polar surface area (TPSA) is 97.5 Å². The first-order valence-electron chi connectivity index (χ1n) is 10.0. The van der Waals surface area contributed by atoms with Crippen LogP contribution in [-0.2, 0) is 17.9 Å². The molecule has 1 aromatic heterocycles. The van der Waals surface area contributed by atoms with Crippen molar-refractivity contribution in [2.45, 2.75) is 53.7 Å². The fourth-order valence-corrected chi connectivity index (χ4v) is 4.09. The van der Waals surface area contributed by atoms with Gasteiger partial charge in [-0.1, -0.05) is 23.4 Å². The standard InChI is InChI=1S/C23H29N3O4/c1-7-26-21-18(30-6)11-17(14(3)20(21)24-25-26)19(23(4,5)22(28)29)15-9-8-13(2)16(10-15)12-27/h8-11,19,27H,7,12H2,1-6H3,(H,28,29)/t19-/m0/s1. The van der Waals surface area contributed by atoms with Crippen LogP contribution in [0.4, 0.5) is 0 Å². The molecule has 0 spiro atoms. The van der Waals surface area contributed by atoms with E-state index in [0.29, 0.717) is 17.8 Å². The molecule has 30 heavy (non-hydrogen) atoms. The number of hydrogen-bond donors (Lipinski definition) is 2. The van der Waals surface area contributed by atoms with Crippen molar-refractivity contribution in [1.82, 2.24) is 15.0 Å². The summed E-state index contributed by atoms with van der Waals surface area (Å²) in [5, 5.41) is 28.4. The highest BCUT2D eigenvalue weighted by molar-refractivity contribution is 5.87. The molecule has 0 fully saturated rings. The van der Waals surface area contributed by atoms with E-state index in [0.717, 1.165) is 33.3 Å². The highest BCUT2D eigenvalue weighted by Crippen LogP contribution is 2.45. The molecule has 0 aliphatic heterocycles. The van der Waals surface area contributed by atoms with Gasteiger partial charge in [0.25, 0.3) is 0 Å². The largest absolute Gasteiger partial charge is 0.494 e. The number of aliphatic hydroxyl groups excluding tert-OH is 1. The summed E-state index contributed by atoms with van der Waals surface area (Å²) in [5.74, 6) is -0.779. The average Bonchev–Trinajstić information content (AvgIpc) is 3.15. The average molecular weight is 412 g/mol. The first-order valence-corrected chi connectivity index (χ1v) is 10.0. The van der Waals surface area contributed by atoms with E-state index in [1.807, 2.05) is 45.0 Å². The molecule has 0 saturated carbocycles. The van der Waals surface area contributed by atoms with Gasteiger partial charge in [0.1, 0.15) is 16.8 Å². The van der Waals surface area contributed by atoms with Crippen molar-refractivity contribution >= 4 is 17.0 Å². The van der Waals surface area contributed by atoms with Crippen LogP contribution in [-0.4, -0.2) is 38.3 Å². The number of nitrogens with zero attached hydrogens (tertiary/aromatic N) is 3. The number of aliphatic carboxylic acids is 1. The SMILES string of the molecule is CCn1nnc2c(C)c([C@H](c3ccc(C)c(CO)c3)C(C)(C)C(=O)O)cc(OC)c21. The van der Waals surface area contributed by atoms with E-state index in [1.54, 1.807) is 25.6 Å². The van der Waals surface area contributed by atoms with Gasteiger partial charge in [-0.25, -0.2) is 4.68 Å². The summed E-state index contributed by atoms with van der Waals surface area (Å²) >= 11 is 0. The number of aliphatic hydroxyl groups is 1. The summed E-state index contributed by atoms with van der Waals surface area (Å²) in [4.78, 5) is 12.3. The minimum Gasteiger partial charge on any atom is -0.494 e. The van der Waals surface area contributed by atoms with E-state index in [4.69, 9.17) is 4.74 Å². The number of benzene rings is 2. The van der Waals surface area contributed by atoms with Gasteiger partial charge in [0.05, 0.1) is 19.1 Å². The van der Waals surface area contributed by atoms with E-state index < -0.39 is 17.3 Å². The Bertz CT molecular complexity index is 1100. The predicted molar refractivity (Wildman–Crippen MR) is 115 cm³/mol. The van der Waals surface area contributed by atoms with Gasteiger partial charge >= 0.3 is 5.97 Å². The Morgan fingerprint density at radius 3 is 2.53 bits per heavy atom. The Morgan fingerprint density at radius 1 is 1.27 bits per heavy atom. The summed E-state index contributed by atoms with van der Waals surface area (Å²) in [5.41, 5.74) is 4.64. The van der Waals surface area contributed by atoms with Gasteiger partial charge < -0.3 is 14.9 Å². The van der Waals surface area contributed by atoms with Crippen LogP contribution in [0.5, 0.6) is 5.75 Å². The third-order valence-electron chi connectivity index (χ3n) is 6.02. The second-order valence-electron chi connectivity index (χ2n) is 8.20. The monoisotopic (exact) mass is 411 g/mol. The molecule has 3 aromatic rings. The van der Waals surface area contributed by atoms with Crippen LogP contribution in [0, 0.1) is 19.3 Å². The van der Waals surface area contributed by atoms with Crippen LogP contribution in [0.15, 0.2) is 24.3 Å². The van der Waals surface area contributed by atoms with Crippen LogP contribution in [0.25, 0.3) is 11.0 Å². The van der Waals surface area contributed by atoms with Gasteiger partial charge in [0, 0.05) is 12.5 Å². The molecule has 0 aliphatic rings. The van der Waals surface area contributed by atoms with Crippen LogP contribution in [0.1, 0.15) is 54.5 Å². The summed E-state index contributed by atoms with van der Waals surface area (Å²) in [6.07, 6.45) is 0. The third-order valence-corrected chi connectivity index (χ3v) is 6.02. The molecule has 0 radical (unpaired) electrons. The zero-order valence-corrected chi connectivity index (χ0v) is 18.4. The fourth-order valence-electron chi connectivity index (χ4n) is 4.09. The molecule has 0 unspecified atom stereocenters. The molecule has 0 aliphatic carbocycles. The Morgan fingerprint density at radius 2 is 1.97 bits per heavy atom. The van der Waals surface area contributed by atoms with Gasteiger partial charge in [0.15, 0.2) is 0 Å². The smallest absolute Gasteiger partial charge is 0.310 e. The maximum absolute atomic E-state index is 12.3. The van der Waals surface area contributed by atoms with Gasteiger partial charge in [0.2, 0.25) is 0 Å². The second kappa shape index (κ2) is 8.07. The Kier molecular flexibility index (Phi) is 5.85. The number of carboxylic acid groups (broad SMARTS) is 1. The molecule has 0 bridgehead atoms. The van der Waals surface area contributed by atoms with Crippen LogP contribution in [0.3, 0.4) is 0 Å². The molecule has 1 heterocycles. The van der Waals surface area contributed by atoms with Gasteiger partial charge in [-0.05, 0) is 68.5 Å². The predicted octanol–water partition coefficient (Wildman–Crippen LogP) is 3.81. The lowest BCUT2D eigenvalue weighted by atomic mass is 9.69. The number of fused-ring (bicyclic) bond motifs is 1. The molecule has 0 saturated heterocycles. The van der Waals surface area contributed by atoms with Crippen molar-refractivity contribution in [3.05, 3.63) is 52.1 Å². The normalized spacial score (nSPS) is 12.9. The quantitative estimate of drug-likeness (QED) is 0.614. The second-order valence-corrected chi connectivity index (χ2v) is 8.20. The first-order chi connectivity index (χ1) is 14.2. The van der Waals surface area contributed by atoms with E-state index in [2.05, 4.69) is 10.3 Å². The summed E-state index contributed by atoms with van der Waals surface area (Å²) in [6, 6.07) is 7.65. The fraction of sp³-hybridized carbons (Fsp3) is 0.435. The zero-order chi connectivity index (χ0) is 22.2. The summed E-state index contributed by atoms with van der Waals surface area (Å²) < 4.78 is 7.43. The Labute approximate surface area is 176 Å². The lowest BCUT2D eigenvalue weighted by Crippen LogP contribution is -2.32. The molecule has 1 atom stereocenters. The minimum atomic E-state index is -1.12.